The van der Waals surface area contributed by atoms with E-state index in [9.17, 15) is 4.79 Å². The fourth-order valence-corrected chi connectivity index (χ4v) is 2.43. The second-order valence-electron chi connectivity index (χ2n) is 5.55. The minimum absolute atomic E-state index is 0. The summed E-state index contributed by atoms with van der Waals surface area (Å²) in [7, 11) is 1.94. The molecule has 0 fully saturated rings. The van der Waals surface area contributed by atoms with Gasteiger partial charge in [-0.25, -0.2) is 4.98 Å². The Morgan fingerprint density at radius 1 is 1.43 bits per heavy atom. The van der Waals surface area contributed by atoms with E-state index in [2.05, 4.69) is 10.3 Å². The molecule has 0 aliphatic carbocycles. The van der Waals surface area contributed by atoms with E-state index >= 15 is 0 Å². The maximum absolute atomic E-state index is 11.9. The van der Waals surface area contributed by atoms with Crippen molar-refractivity contribution in [2.45, 2.75) is 30.3 Å². The molecule has 2 heterocycles. The minimum Gasteiger partial charge on any atom is -0.455 e. The minimum atomic E-state index is -0.445. The lowest BCUT2D eigenvalue weighted by Gasteiger charge is -2.18. The van der Waals surface area contributed by atoms with Crippen LogP contribution in [0.3, 0.4) is 0 Å². The molecule has 0 spiro atoms. The largest absolute Gasteiger partial charge is 0.455 e. The highest BCUT2D eigenvalue weighted by molar-refractivity contribution is 7.98. The number of carbonyl (C=O) groups is 1. The van der Waals surface area contributed by atoms with Crippen LogP contribution in [-0.4, -0.2) is 27.5 Å². The first-order chi connectivity index (χ1) is 9.85. The van der Waals surface area contributed by atoms with E-state index in [4.69, 9.17) is 10.2 Å². The summed E-state index contributed by atoms with van der Waals surface area (Å²) in [6, 6.07) is 3.48. The first-order valence-corrected chi connectivity index (χ1v) is 7.59. The molecule has 2 aromatic heterocycles. The zero-order chi connectivity index (χ0) is 15.5. The third kappa shape index (κ3) is 6.87. The number of halogens is 2. The van der Waals surface area contributed by atoms with Crippen molar-refractivity contribution in [3.05, 3.63) is 36.0 Å². The number of nitrogens with one attached hydrogen (secondary N) is 1. The van der Waals surface area contributed by atoms with Gasteiger partial charge in [0.25, 0.3) is 5.91 Å². The summed E-state index contributed by atoms with van der Waals surface area (Å²) in [6.45, 7) is 4.10. The zero-order valence-corrected chi connectivity index (χ0v) is 15.7. The number of thioether (sulfide) groups is 1. The van der Waals surface area contributed by atoms with Crippen LogP contribution in [0.15, 0.2) is 34.1 Å². The average molecular weight is 381 g/mol. The van der Waals surface area contributed by atoms with Crippen molar-refractivity contribution in [1.29, 1.82) is 0 Å². The number of aromatic nitrogens is 2. The number of nitrogens with two attached hydrogens (primary N) is 1. The summed E-state index contributed by atoms with van der Waals surface area (Å²) in [5, 5.41) is 3.65. The summed E-state index contributed by atoms with van der Waals surface area (Å²) in [6.07, 6.45) is 3.63. The highest BCUT2D eigenvalue weighted by Crippen LogP contribution is 2.21. The Kier molecular flexibility index (Phi) is 8.76. The SMILES string of the molecule is Cl.Cl.Cn1ccnc1SCc1ccc(C(=O)NCC(C)(C)N)o1. The Morgan fingerprint density at radius 3 is 2.70 bits per heavy atom. The number of nitrogens with zero attached hydrogens (tertiary/aromatic N) is 2. The van der Waals surface area contributed by atoms with Crippen LogP contribution >= 0.6 is 36.6 Å². The van der Waals surface area contributed by atoms with E-state index < -0.39 is 5.54 Å². The molecule has 2 aromatic rings. The summed E-state index contributed by atoms with van der Waals surface area (Å²) < 4.78 is 7.47. The number of aryl methyl sites for hydroxylation is 1. The third-order valence-corrected chi connectivity index (χ3v) is 3.79. The molecule has 6 nitrogen and oxygen atoms in total. The Labute approximate surface area is 152 Å². The van der Waals surface area contributed by atoms with Crippen molar-refractivity contribution in [2.24, 2.45) is 12.8 Å². The van der Waals surface area contributed by atoms with Gasteiger partial charge in [0.05, 0.1) is 5.75 Å². The quantitative estimate of drug-likeness (QED) is 0.752. The molecule has 1 amide bonds. The normalized spacial score (nSPS) is 10.6. The second kappa shape index (κ2) is 9.22. The smallest absolute Gasteiger partial charge is 0.287 e. The maximum Gasteiger partial charge on any atom is 0.287 e. The molecule has 0 radical (unpaired) electrons. The van der Waals surface area contributed by atoms with Crippen LogP contribution in [0.4, 0.5) is 0 Å². The predicted molar refractivity (Wildman–Crippen MR) is 96.6 cm³/mol. The number of imidazole rings is 1. The molecule has 9 heteroatoms. The molecular formula is C14H22Cl2N4O2S. The van der Waals surface area contributed by atoms with Gasteiger partial charge in [-0.05, 0) is 26.0 Å². The van der Waals surface area contributed by atoms with E-state index in [0.29, 0.717) is 18.1 Å². The molecule has 0 saturated heterocycles. The first kappa shape index (κ1) is 21.9. The van der Waals surface area contributed by atoms with Crippen molar-refractivity contribution >= 4 is 42.5 Å². The van der Waals surface area contributed by atoms with Crippen LogP contribution < -0.4 is 11.1 Å². The molecule has 0 saturated carbocycles. The summed E-state index contributed by atoms with van der Waals surface area (Å²) >= 11 is 1.56. The fourth-order valence-electron chi connectivity index (χ4n) is 1.60. The van der Waals surface area contributed by atoms with Crippen molar-refractivity contribution < 1.29 is 9.21 Å². The van der Waals surface area contributed by atoms with E-state index in [0.717, 1.165) is 10.9 Å². The number of furan rings is 1. The standard InChI is InChI=1S/C14H20N4O2S.2ClH/c1-14(2,15)9-17-12(19)11-5-4-10(20-11)8-21-13-16-6-7-18(13)3;;/h4-7H,8-9,15H2,1-3H3,(H,17,19);2*1H. The lowest BCUT2D eigenvalue weighted by atomic mass is 10.1. The van der Waals surface area contributed by atoms with Crippen molar-refractivity contribution in [3.63, 3.8) is 0 Å². The highest BCUT2D eigenvalue weighted by atomic mass is 35.5. The lowest BCUT2D eigenvalue weighted by molar-refractivity contribution is 0.0917. The van der Waals surface area contributed by atoms with E-state index in [1.165, 1.54) is 0 Å². The van der Waals surface area contributed by atoms with Crippen molar-refractivity contribution in [1.82, 2.24) is 14.9 Å². The van der Waals surface area contributed by atoms with Crippen molar-refractivity contribution in [2.75, 3.05) is 6.54 Å². The summed E-state index contributed by atoms with van der Waals surface area (Å²) in [5.41, 5.74) is 5.38. The Bertz CT molecular complexity index is 622. The molecule has 0 aromatic carbocycles. The molecule has 130 valence electrons. The van der Waals surface area contributed by atoms with Crippen molar-refractivity contribution in [3.8, 4) is 0 Å². The van der Waals surface area contributed by atoms with Gasteiger partial charge in [-0.2, -0.15) is 0 Å². The number of hydrogen-bond donors (Lipinski definition) is 2. The molecule has 0 bridgehead atoms. The lowest BCUT2D eigenvalue weighted by Crippen LogP contribution is -2.45. The zero-order valence-electron chi connectivity index (χ0n) is 13.2. The van der Waals surface area contributed by atoms with Crippen LogP contribution in [0.2, 0.25) is 0 Å². The van der Waals surface area contributed by atoms with Gasteiger partial charge in [-0.15, -0.1) is 24.8 Å². The molecule has 0 atom stereocenters. The van der Waals surface area contributed by atoms with Crippen LogP contribution in [0.1, 0.15) is 30.2 Å². The molecule has 0 aliphatic rings. The van der Waals surface area contributed by atoms with Gasteiger partial charge < -0.3 is 20.0 Å². The Hall–Kier alpha value is -1.15. The van der Waals surface area contributed by atoms with E-state index in [1.54, 1.807) is 30.1 Å². The number of amides is 1. The van der Waals surface area contributed by atoms with Gasteiger partial charge in [0.2, 0.25) is 0 Å². The van der Waals surface area contributed by atoms with Gasteiger partial charge in [-0.1, -0.05) is 11.8 Å². The molecule has 23 heavy (non-hydrogen) atoms. The van der Waals surface area contributed by atoms with Crippen LogP contribution in [-0.2, 0) is 12.8 Å². The first-order valence-electron chi connectivity index (χ1n) is 6.61. The molecule has 3 N–H and O–H groups in total. The highest BCUT2D eigenvalue weighted by Gasteiger charge is 2.16. The van der Waals surface area contributed by atoms with Gasteiger partial charge in [0.1, 0.15) is 5.76 Å². The van der Waals surface area contributed by atoms with Crippen LogP contribution in [0, 0.1) is 0 Å². The predicted octanol–water partition coefficient (Wildman–Crippen LogP) is 2.62. The van der Waals surface area contributed by atoms with Gasteiger partial charge >= 0.3 is 0 Å². The molecule has 2 rings (SSSR count). The third-order valence-electron chi connectivity index (χ3n) is 2.71. The Balaban J connectivity index is 0.00000242. The summed E-state index contributed by atoms with van der Waals surface area (Å²) in [5.74, 6) is 1.41. The number of rotatable bonds is 6. The van der Waals surface area contributed by atoms with Gasteiger partial charge in [0, 0.05) is 31.5 Å². The van der Waals surface area contributed by atoms with Gasteiger partial charge in [-0.3, -0.25) is 4.79 Å². The van der Waals surface area contributed by atoms with E-state index in [1.807, 2.05) is 31.7 Å². The monoisotopic (exact) mass is 380 g/mol. The van der Waals surface area contributed by atoms with E-state index in [-0.39, 0.29) is 30.7 Å². The fraction of sp³-hybridized carbons (Fsp3) is 0.429. The van der Waals surface area contributed by atoms with Crippen LogP contribution in [0.25, 0.3) is 0 Å². The number of carbonyl (C=O) groups excluding carboxylic acids is 1. The number of hydrogen-bond acceptors (Lipinski definition) is 5. The summed E-state index contributed by atoms with van der Waals surface area (Å²) in [4.78, 5) is 16.1. The second-order valence-corrected chi connectivity index (χ2v) is 6.49. The molecular weight excluding hydrogens is 359 g/mol. The van der Waals surface area contributed by atoms with Crippen LogP contribution in [0.5, 0.6) is 0 Å². The van der Waals surface area contributed by atoms with Gasteiger partial charge in [0.15, 0.2) is 10.9 Å². The maximum atomic E-state index is 11.9. The molecule has 0 unspecified atom stereocenters. The Morgan fingerprint density at radius 2 is 2.13 bits per heavy atom. The topological polar surface area (TPSA) is 86.1 Å². The average Bonchev–Trinajstić information content (AvgIpc) is 3.02. The molecule has 0 aliphatic heterocycles.